The van der Waals surface area contributed by atoms with E-state index >= 15 is 28.8 Å². The number of rotatable bonds is 23. The molecule has 634 valence electrons. The third-order valence-corrected chi connectivity index (χ3v) is 27.9. The summed E-state index contributed by atoms with van der Waals surface area (Å²) < 4.78 is 26.3. The van der Waals surface area contributed by atoms with E-state index in [4.69, 9.17) is 47.9 Å². The summed E-state index contributed by atoms with van der Waals surface area (Å²) in [7, 11) is 1.54. The molecule has 8 aliphatic carbocycles. The number of amides is 8. The van der Waals surface area contributed by atoms with Gasteiger partial charge in [-0.3, -0.25) is 38.4 Å². The maximum absolute atomic E-state index is 16.5. The summed E-state index contributed by atoms with van der Waals surface area (Å²) in [5.74, 6) is -14.8. The molecule has 2 saturated heterocycles. The Balaban J connectivity index is 0.976. The number of halogens is 2. The zero-order chi connectivity index (χ0) is 81.0. The molecular formula is C79H123Cl2N11O21. The van der Waals surface area contributed by atoms with Crippen molar-refractivity contribution in [1.29, 1.82) is 0 Å². The quantitative estimate of drug-likeness (QED) is 0.0455. The van der Waals surface area contributed by atoms with E-state index in [1.54, 1.807) is 7.05 Å². The average Bonchev–Trinajstić information content (AvgIpc) is 0.753. The molecule has 32 nitrogen and oxygen atoms in total. The van der Waals surface area contributed by atoms with Gasteiger partial charge in [-0.25, -0.2) is 0 Å². The summed E-state index contributed by atoms with van der Waals surface area (Å²) in [6.07, 6.45) is -9.93. The lowest BCUT2D eigenvalue weighted by Crippen LogP contribution is -2.68. The first-order valence-electron chi connectivity index (χ1n) is 41.7. The number of hydrogen-bond donors (Lipinski definition) is 20. The van der Waals surface area contributed by atoms with E-state index in [1.807, 2.05) is 13.8 Å². The molecule has 1 aromatic rings. The molecule has 21 N–H and O–H groups in total. The van der Waals surface area contributed by atoms with Gasteiger partial charge in [-0.05, 0) is 206 Å². The number of likely N-dealkylation sites (N-methyl/N-ethyl adjacent to an activating group) is 1. The van der Waals surface area contributed by atoms with Crippen molar-refractivity contribution in [3.8, 4) is 17.2 Å². The van der Waals surface area contributed by atoms with E-state index in [2.05, 4.69) is 60.1 Å². The highest BCUT2D eigenvalue weighted by Crippen LogP contribution is 2.55. The molecule has 14 aliphatic rings. The van der Waals surface area contributed by atoms with Crippen LogP contribution in [0.25, 0.3) is 0 Å². The van der Waals surface area contributed by atoms with Crippen molar-refractivity contribution >= 4 is 70.5 Å². The van der Waals surface area contributed by atoms with E-state index in [9.17, 15) is 55.5 Å². The molecule has 6 heterocycles. The highest BCUT2D eigenvalue weighted by atomic mass is 35.5. The Morgan fingerprint density at radius 3 is 1.84 bits per heavy atom. The first-order chi connectivity index (χ1) is 54.0. The zero-order valence-corrected chi connectivity index (χ0v) is 66.6. The largest absolute Gasteiger partial charge is 0.485 e. The van der Waals surface area contributed by atoms with Gasteiger partial charge in [0.25, 0.3) is 0 Å². The summed E-state index contributed by atoms with van der Waals surface area (Å²) in [5.41, 5.74) is 5.63. The fourth-order valence-corrected chi connectivity index (χ4v) is 21.9. The Bertz CT molecular complexity index is 3450. The van der Waals surface area contributed by atoms with Crippen molar-refractivity contribution in [3.05, 3.63) is 17.7 Å². The molecule has 15 bridgehead atoms. The fraction of sp³-hybridized carbons (Fsp3) is 0.823. The van der Waals surface area contributed by atoms with Crippen molar-refractivity contribution in [1.82, 2.24) is 53.2 Å². The Labute approximate surface area is 669 Å². The van der Waals surface area contributed by atoms with E-state index in [0.717, 1.165) is 70.8 Å². The number of aliphatic hydroxyl groups is 9. The minimum Gasteiger partial charge on any atom is -0.485 e. The summed E-state index contributed by atoms with van der Waals surface area (Å²) >= 11 is 14.8. The second kappa shape index (κ2) is 38.4. The van der Waals surface area contributed by atoms with Crippen LogP contribution in [0.5, 0.6) is 17.2 Å². The summed E-state index contributed by atoms with van der Waals surface area (Å²) in [6, 6.07) is -9.88. The summed E-state index contributed by atoms with van der Waals surface area (Å²) in [6.45, 7) is 6.99. The average molecular weight is 1630 g/mol. The van der Waals surface area contributed by atoms with Crippen LogP contribution >= 0.6 is 23.2 Å². The number of carbonyl (C=O) groups is 8. The van der Waals surface area contributed by atoms with Gasteiger partial charge in [0.15, 0.2) is 11.5 Å². The third-order valence-electron chi connectivity index (χ3n) is 26.9. The van der Waals surface area contributed by atoms with Gasteiger partial charge >= 0.3 is 0 Å². The lowest BCUT2D eigenvalue weighted by Gasteiger charge is -2.55. The first-order valence-corrected chi connectivity index (χ1v) is 42.6. The topological polar surface area (TPSA) is 502 Å². The molecule has 10 fully saturated rings. The predicted octanol–water partition coefficient (Wildman–Crippen LogP) is -1.13. The molecule has 34 heteroatoms. The molecular weight excluding hydrogens is 1510 g/mol. The van der Waals surface area contributed by atoms with Crippen molar-refractivity contribution in [2.24, 2.45) is 76.7 Å². The van der Waals surface area contributed by atoms with Gasteiger partial charge in [0.2, 0.25) is 59.3 Å². The van der Waals surface area contributed by atoms with Crippen molar-refractivity contribution < 1.29 is 103 Å². The normalized spacial score (nSPS) is 40.9. The molecule has 8 saturated carbocycles. The van der Waals surface area contributed by atoms with Crippen LogP contribution in [0.3, 0.4) is 0 Å². The Kier molecular flexibility index (Phi) is 29.5. The first kappa shape index (κ1) is 86.8. The van der Waals surface area contributed by atoms with Crippen LogP contribution in [0.4, 0.5) is 0 Å². The molecule has 8 amide bonds. The van der Waals surface area contributed by atoms with Gasteiger partial charge in [0.05, 0.1) is 60.3 Å². The van der Waals surface area contributed by atoms with E-state index in [1.165, 1.54) is 12.1 Å². The van der Waals surface area contributed by atoms with E-state index in [-0.39, 0.29) is 118 Å². The lowest BCUT2D eigenvalue weighted by molar-refractivity contribution is -0.278. The lowest BCUT2D eigenvalue weighted by atomic mass is 9.54. The third kappa shape index (κ3) is 19.9. The number of benzene rings is 1. The highest BCUT2D eigenvalue weighted by Gasteiger charge is 2.58. The van der Waals surface area contributed by atoms with Gasteiger partial charge in [0, 0.05) is 31.6 Å². The number of fused-ring (bicyclic) bond motifs is 15. The number of alkyl halides is 2. The summed E-state index contributed by atoms with van der Waals surface area (Å²) in [5, 5.41) is 136. The number of hydrogen-bond acceptors (Lipinski definition) is 24. The van der Waals surface area contributed by atoms with Gasteiger partial charge in [0.1, 0.15) is 72.9 Å². The van der Waals surface area contributed by atoms with Gasteiger partial charge < -0.3 is 124 Å². The van der Waals surface area contributed by atoms with Crippen molar-refractivity contribution in [2.45, 2.75) is 295 Å². The minimum absolute atomic E-state index is 0.00217. The second-order valence-electron chi connectivity index (χ2n) is 35.1. The van der Waals surface area contributed by atoms with Crippen LogP contribution in [0.1, 0.15) is 174 Å². The van der Waals surface area contributed by atoms with Crippen LogP contribution in [-0.4, -0.2) is 260 Å². The van der Waals surface area contributed by atoms with Crippen LogP contribution < -0.4 is 73.1 Å². The van der Waals surface area contributed by atoms with Crippen LogP contribution in [-0.2, 0) is 43.1 Å². The SMILES string of the molecule is CCCCCCCNCCNCC1C(O)C2C3C[C@H](CC[C@H]3O)[C@H]3NC(=O)[C@@H]4NC(=O)[C@H](CC(N)=O)NC(=O)[C@H](NC(=O)[C@@H](CC(C)C)NC)[C@H](O)[C@H]5CC[C@@H](Oc6cc4cc(c6O[C@@H]4O[C@H](CO)[C@@H](O)[C@H](O)[C@H]4O)O[C@@H]4CC[C@@H](C[C@@H]4Cl)[C@@H](O)[C@H](NC3=O)C(=O)N[C@H](C(=O)NC3C4CC6CC(C4)CC3C6)C2C[C@@H]1O)[C@H](Cl)C5. The van der Waals surface area contributed by atoms with Crippen LogP contribution in [0.2, 0.25) is 0 Å². The van der Waals surface area contributed by atoms with Crippen molar-refractivity contribution in [3.63, 3.8) is 0 Å². The molecule has 5 unspecified atom stereocenters. The number of unbranched alkanes of at least 4 members (excludes halogenated alkanes) is 4. The van der Waals surface area contributed by atoms with E-state index in [0.29, 0.717) is 24.9 Å². The van der Waals surface area contributed by atoms with Gasteiger partial charge in [-0.15, -0.1) is 23.2 Å². The second-order valence-corrected chi connectivity index (χ2v) is 36.2. The molecule has 0 spiro atoms. The molecule has 15 rings (SSSR count). The maximum atomic E-state index is 16.5. The molecule has 28 atom stereocenters. The minimum atomic E-state index is -2.13. The molecule has 113 heavy (non-hydrogen) atoms. The molecule has 0 radical (unpaired) electrons. The number of nitrogens with two attached hydrogens (primary N) is 1. The smallest absolute Gasteiger partial charge is 0.247 e. The van der Waals surface area contributed by atoms with E-state index < -0.39 is 234 Å². The molecule has 0 aromatic heterocycles. The van der Waals surface area contributed by atoms with Gasteiger partial charge in [-0.2, -0.15) is 0 Å². The highest BCUT2D eigenvalue weighted by molar-refractivity contribution is 6.21. The number of ether oxygens (including phenoxy) is 4. The number of primary amides is 1. The van der Waals surface area contributed by atoms with Gasteiger partial charge in [-0.1, -0.05) is 46.5 Å². The Morgan fingerprint density at radius 1 is 0.602 bits per heavy atom. The van der Waals surface area contributed by atoms with Crippen LogP contribution in [0, 0.1) is 71.0 Å². The number of aliphatic hydroxyl groups excluding tert-OH is 9. The number of carbonyl (C=O) groups excluding carboxylic acids is 8. The Morgan fingerprint density at radius 2 is 1.22 bits per heavy atom. The van der Waals surface area contributed by atoms with Crippen molar-refractivity contribution in [2.75, 3.05) is 39.8 Å². The predicted molar refractivity (Wildman–Crippen MR) is 410 cm³/mol. The Hall–Kier alpha value is -5.56. The monoisotopic (exact) mass is 1630 g/mol. The fourth-order valence-electron chi connectivity index (χ4n) is 21.1. The molecule has 1 aromatic carbocycles. The maximum Gasteiger partial charge on any atom is 0.247 e. The van der Waals surface area contributed by atoms with Crippen LogP contribution in [0.15, 0.2) is 12.1 Å². The molecule has 6 aliphatic heterocycles. The number of nitrogens with one attached hydrogen (secondary N) is 10. The zero-order valence-electron chi connectivity index (χ0n) is 65.1. The summed E-state index contributed by atoms with van der Waals surface area (Å²) in [4.78, 5) is 123. The standard InChI is InChI=1S/C79H123Cl2N11O21/c1-5-6-7-8-9-16-84-17-18-85-32-45-51(95)30-44-58(67(45)99)43-25-37(10-13-50(43)94)60-74(105)92-64(78(109)90-62(44)76(107)87-59-40-21-35-20-36(23-40)24-41(59)22-35)66(98)39-12-15-53(47(81)27-39)111-55-29-42-28-54(71(55)113-79-70(102)69(101)68(100)56(33-93)112-79)110-52-14-11-38(26-46(52)80)65(97)63(91-72(103)48(83-4)19-34(2)3)77(108)86-49(31-57(82)96)73(104)88-61(42)75(106)89-60/h28-29,34-41,43-53,56,58-70,79,83-85,93-95,97-102H,5-27,30-33H2,1-4H3,(H2,82,96)(H,86,108)(H,87,107)(H,88,104)(H,89,106)(H,90,109)(H,91,103)(H,92,105)/t35?,36?,37-,38-,39-,40?,41?,43?,44?,45?,46+,47-,48+,49-,50+,51-,52+,53+,56+,58?,59?,60+,61+,62-,63+,64-,65+,66+,67?,68+,69-,70+,79-/m0/s1.